The lowest BCUT2D eigenvalue weighted by molar-refractivity contribution is 0.100. The molecule has 23 heavy (non-hydrogen) atoms. The molecule has 2 aromatic heterocycles. The number of nitrogens with zero attached hydrogens (tertiary/aromatic N) is 2. The number of rotatable bonds is 5. The first-order chi connectivity index (χ1) is 11.1. The van der Waals surface area contributed by atoms with Gasteiger partial charge < -0.3 is 21.5 Å². The Hall–Kier alpha value is -2.65. The van der Waals surface area contributed by atoms with Crippen molar-refractivity contribution in [3.8, 4) is 16.3 Å². The highest BCUT2D eigenvalue weighted by Gasteiger charge is 2.12. The fraction of sp³-hybridized carbons (Fsp3) is 0.0714. The largest absolute Gasteiger partial charge is 0.495 e. The molecule has 0 bridgehead atoms. The van der Waals surface area contributed by atoms with Gasteiger partial charge >= 0.3 is 0 Å². The first-order valence-electron chi connectivity index (χ1n) is 6.49. The maximum absolute atomic E-state index is 11.3. The van der Waals surface area contributed by atoms with E-state index < -0.39 is 5.91 Å². The third kappa shape index (κ3) is 3.25. The van der Waals surface area contributed by atoms with E-state index in [-0.39, 0.29) is 0 Å². The maximum Gasteiger partial charge on any atom is 0.248 e. The summed E-state index contributed by atoms with van der Waals surface area (Å²) in [5.41, 5.74) is 12.7. The molecule has 2 heterocycles. The summed E-state index contributed by atoms with van der Waals surface area (Å²) in [6, 6.07) is 4.92. The normalized spacial score (nSPS) is 10.5. The van der Waals surface area contributed by atoms with E-state index >= 15 is 0 Å². The third-order valence-electron chi connectivity index (χ3n) is 3.01. The summed E-state index contributed by atoms with van der Waals surface area (Å²) < 4.78 is 5.28. The lowest BCUT2D eigenvalue weighted by Crippen LogP contribution is -2.11. The van der Waals surface area contributed by atoms with Crippen LogP contribution in [0.1, 0.15) is 10.4 Å². The Bertz CT molecular complexity index is 858. The highest BCUT2D eigenvalue weighted by molar-refractivity contribution is 7.19. The van der Waals surface area contributed by atoms with Crippen LogP contribution < -0.4 is 21.5 Å². The van der Waals surface area contributed by atoms with Gasteiger partial charge in [0.05, 0.1) is 23.4 Å². The molecule has 9 heteroatoms. The van der Waals surface area contributed by atoms with Gasteiger partial charge in [0, 0.05) is 17.1 Å². The van der Waals surface area contributed by atoms with Gasteiger partial charge in [-0.15, -0.1) is 11.3 Å². The van der Waals surface area contributed by atoms with E-state index in [1.165, 1.54) is 22.7 Å². The van der Waals surface area contributed by atoms with E-state index in [9.17, 15) is 4.79 Å². The maximum atomic E-state index is 11.3. The predicted octanol–water partition coefficient (Wildman–Crippen LogP) is 2.70. The number of nitrogens with two attached hydrogens (primary N) is 2. The molecule has 0 radical (unpaired) electrons. The van der Waals surface area contributed by atoms with Gasteiger partial charge in [-0.05, 0) is 18.2 Å². The Kier molecular flexibility index (Phi) is 4.13. The number of ether oxygens (including phenoxy) is 1. The zero-order chi connectivity index (χ0) is 16.4. The lowest BCUT2D eigenvalue weighted by atomic mass is 10.2. The molecule has 0 saturated carbocycles. The minimum Gasteiger partial charge on any atom is -0.495 e. The first kappa shape index (κ1) is 15.3. The Morgan fingerprint density at radius 2 is 2.22 bits per heavy atom. The number of nitrogens with one attached hydrogen (secondary N) is 1. The van der Waals surface area contributed by atoms with Crippen molar-refractivity contribution in [2.75, 3.05) is 18.2 Å². The molecule has 0 unspecified atom stereocenters. The molecule has 3 aromatic rings. The van der Waals surface area contributed by atoms with E-state index in [4.69, 9.17) is 16.2 Å². The van der Waals surface area contributed by atoms with Crippen molar-refractivity contribution in [2.24, 2.45) is 5.73 Å². The molecule has 5 N–H and O–H groups in total. The summed E-state index contributed by atoms with van der Waals surface area (Å²) in [4.78, 5) is 20.7. The molecular formula is C14H13N5O2S2. The number of anilines is 3. The number of amides is 1. The van der Waals surface area contributed by atoms with Gasteiger partial charge in [0.1, 0.15) is 5.75 Å². The standard InChI is InChI=1S/C14H13N5O2S2/c1-21-10-3-2-7(12(15)20)4-8(10)18-14-19-9(6-22-14)11-5-17-13(16)23-11/h2-6H,1H3,(H2,15,20)(H2,16,17)(H,18,19). The van der Waals surface area contributed by atoms with E-state index in [2.05, 4.69) is 15.3 Å². The summed E-state index contributed by atoms with van der Waals surface area (Å²) in [6.07, 6.45) is 1.69. The van der Waals surface area contributed by atoms with Gasteiger partial charge in [-0.1, -0.05) is 11.3 Å². The Morgan fingerprint density at radius 3 is 2.87 bits per heavy atom. The van der Waals surface area contributed by atoms with Crippen molar-refractivity contribution in [3.63, 3.8) is 0 Å². The topological polar surface area (TPSA) is 116 Å². The number of methoxy groups -OCH3 is 1. The summed E-state index contributed by atoms with van der Waals surface area (Å²) >= 11 is 2.80. The number of carbonyl (C=O) groups is 1. The molecule has 0 atom stereocenters. The smallest absolute Gasteiger partial charge is 0.248 e. The molecule has 0 aliphatic rings. The molecule has 0 aliphatic heterocycles. The quantitative estimate of drug-likeness (QED) is 0.653. The first-order valence-corrected chi connectivity index (χ1v) is 8.18. The molecule has 1 aromatic carbocycles. The van der Waals surface area contributed by atoms with Crippen molar-refractivity contribution in [1.29, 1.82) is 0 Å². The van der Waals surface area contributed by atoms with Crippen molar-refractivity contribution in [2.45, 2.75) is 0 Å². The van der Waals surface area contributed by atoms with E-state index in [0.29, 0.717) is 27.3 Å². The van der Waals surface area contributed by atoms with Crippen molar-refractivity contribution in [3.05, 3.63) is 35.3 Å². The van der Waals surface area contributed by atoms with Gasteiger partial charge in [-0.2, -0.15) is 0 Å². The number of primary amides is 1. The minimum atomic E-state index is -0.504. The van der Waals surface area contributed by atoms with E-state index in [0.717, 1.165) is 10.6 Å². The van der Waals surface area contributed by atoms with Crippen LogP contribution >= 0.6 is 22.7 Å². The molecule has 7 nitrogen and oxygen atoms in total. The molecule has 0 spiro atoms. The Balaban J connectivity index is 1.88. The average Bonchev–Trinajstić information content (AvgIpc) is 3.16. The molecule has 1 amide bonds. The summed E-state index contributed by atoms with van der Waals surface area (Å²) in [6.45, 7) is 0. The van der Waals surface area contributed by atoms with Gasteiger partial charge in [-0.25, -0.2) is 9.97 Å². The second-order valence-corrected chi connectivity index (χ2v) is 6.43. The van der Waals surface area contributed by atoms with Gasteiger partial charge in [0.2, 0.25) is 5.91 Å². The molecule has 0 saturated heterocycles. The number of thiazole rings is 2. The van der Waals surface area contributed by atoms with Crippen LogP contribution in [0.5, 0.6) is 5.75 Å². The number of benzene rings is 1. The number of carbonyl (C=O) groups excluding carboxylic acids is 1. The van der Waals surface area contributed by atoms with Crippen LogP contribution in [0.2, 0.25) is 0 Å². The fourth-order valence-electron chi connectivity index (χ4n) is 1.92. The minimum absolute atomic E-state index is 0.389. The highest BCUT2D eigenvalue weighted by atomic mass is 32.1. The zero-order valence-corrected chi connectivity index (χ0v) is 13.7. The monoisotopic (exact) mass is 347 g/mol. The van der Waals surface area contributed by atoms with Crippen LogP contribution in [-0.2, 0) is 0 Å². The van der Waals surface area contributed by atoms with Crippen molar-refractivity contribution >= 4 is 44.5 Å². The highest BCUT2D eigenvalue weighted by Crippen LogP contribution is 2.34. The molecule has 0 fully saturated rings. The van der Waals surface area contributed by atoms with Crippen LogP contribution in [0.4, 0.5) is 16.0 Å². The molecule has 0 aliphatic carbocycles. The molecule has 118 valence electrons. The van der Waals surface area contributed by atoms with Gasteiger partial charge in [0.15, 0.2) is 10.3 Å². The predicted molar refractivity (Wildman–Crippen MR) is 92.4 cm³/mol. The third-order valence-corrected chi connectivity index (χ3v) is 4.61. The number of hydrogen-bond acceptors (Lipinski definition) is 8. The number of aromatic nitrogens is 2. The van der Waals surface area contributed by atoms with Crippen LogP contribution in [0.3, 0.4) is 0 Å². The van der Waals surface area contributed by atoms with Gasteiger partial charge in [-0.3, -0.25) is 4.79 Å². The SMILES string of the molecule is COc1ccc(C(N)=O)cc1Nc1nc(-c2cnc(N)s2)cs1. The lowest BCUT2D eigenvalue weighted by Gasteiger charge is -2.10. The summed E-state index contributed by atoms with van der Waals surface area (Å²) in [5.74, 6) is 0.0875. The molecule has 3 rings (SSSR count). The van der Waals surface area contributed by atoms with Gasteiger partial charge in [0.25, 0.3) is 0 Å². The van der Waals surface area contributed by atoms with Crippen LogP contribution in [0, 0.1) is 0 Å². The Labute approximate surface area is 140 Å². The summed E-state index contributed by atoms with van der Waals surface area (Å²) in [5, 5.41) is 6.20. The number of hydrogen-bond donors (Lipinski definition) is 3. The van der Waals surface area contributed by atoms with Crippen molar-refractivity contribution < 1.29 is 9.53 Å². The van der Waals surface area contributed by atoms with Crippen molar-refractivity contribution in [1.82, 2.24) is 9.97 Å². The van der Waals surface area contributed by atoms with Crippen LogP contribution in [0.25, 0.3) is 10.6 Å². The molecular weight excluding hydrogens is 334 g/mol. The van der Waals surface area contributed by atoms with Crippen LogP contribution in [-0.4, -0.2) is 23.0 Å². The second-order valence-electron chi connectivity index (χ2n) is 4.50. The second kappa shape index (κ2) is 6.23. The van der Waals surface area contributed by atoms with E-state index in [1.54, 1.807) is 31.5 Å². The van der Waals surface area contributed by atoms with Crippen LogP contribution in [0.15, 0.2) is 29.8 Å². The Morgan fingerprint density at radius 1 is 1.39 bits per heavy atom. The average molecular weight is 347 g/mol. The summed E-state index contributed by atoms with van der Waals surface area (Å²) in [7, 11) is 1.55. The van der Waals surface area contributed by atoms with E-state index in [1.807, 2.05) is 5.38 Å². The fourth-order valence-corrected chi connectivity index (χ4v) is 3.37. The zero-order valence-electron chi connectivity index (χ0n) is 12.1. The number of nitrogen functional groups attached to an aromatic ring is 1.